The van der Waals surface area contributed by atoms with E-state index >= 15 is 0 Å². The highest BCUT2D eigenvalue weighted by atomic mass is 35.5. The van der Waals surface area contributed by atoms with E-state index in [1.165, 1.54) is 11.3 Å². The number of halogens is 1. The van der Waals surface area contributed by atoms with Crippen LogP contribution in [0.3, 0.4) is 0 Å². The number of thiophene rings is 1. The van der Waals surface area contributed by atoms with Gasteiger partial charge in [-0.1, -0.05) is 23.7 Å². The molecule has 1 aromatic heterocycles. The number of ether oxygens (including phenoxy) is 1. The number of Topliss-reactive ketones (excluding diaryl/α,β-unsaturated/α-hetero) is 1. The molecule has 2 aromatic rings. The fourth-order valence-corrected chi connectivity index (χ4v) is 4.23. The van der Waals surface area contributed by atoms with Gasteiger partial charge >= 0.3 is 0 Å². The molecule has 0 aliphatic carbocycles. The molecule has 2 heterocycles. The SMILES string of the molecule is Cc1ccc(C(=O)CCC(=O)NCC(c2ccc(Cl)cc2)N2CCOCC2)s1. The lowest BCUT2D eigenvalue weighted by atomic mass is 10.0. The van der Waals surface area contributed by atoms with Gasteiger partial charge < -0.3 is 10.1 Å². The molecule has 28 heavy (non-hydrogen) atoms. The van der Waals surface area contributed by atoms with Gasteiger partial charge in [0.05, 0.1) is 24.1 Å². The van der Waals surface area contributed by atoms with E-state index < -0.39 is 0 Å². The van der Waals surface area contributed by atoms with Gasteiger partial charge in [-0.2, -0.15) is 0 Å². The lowest BCUT2D eigenvalue weighted by Gasteiger charge is -2.35. The summed E-state index contributed by atoms with van der Waals surface area (Å²) in [4.78, 5) is 28.7. The van der Waals surface area contributed by atoms with Crippen molar-refractivity contribution in [3.63, 3.8) is 0 Å². The third-order valence-electron chi connectivity index (χ3n) is 4.83. The van der Waals surface area contributed by atoms with Crippen molar-refractivity contribution in [2.24, 2.45) is 0 Å². The average Bonchev–Trinajstić information content (AvgIpc) is 3.15. The Morgan fingerprint density at radius 1 is 1.14 bits per heavy atom. The first-order chi connectivity index (χ1) is 13.5. The smallest absolute Gasteiger partial charge is 0.220 e. The Kier molecular flexibility index (Phi) is 7.62. The molecule has 0 spiro atoms. The van der Waals surface area contributed by atoms with E-state index in [4.69, 9.17) is 16.3 Å². The third kappa shape index (κ3) is 5.88. The highest BCUT2D eigenvalue weighted by molar-refractivity contribution is 7.14. The van der Waals surface area contributed by atoms with Crippen LogP contribution < -0.4 is 5.32 Å². The monoisotopic (exact) mass is 420 g/mol. The Bertz CT molecular complexity index is 800. The number of hydrogen-bond acceptors (Lipinski definition) is 5. The Balaban J connectivity index is 1.55. The molecule has 1 atom stereocenters. The van der Waals surface area contributed by atoms with Crippen LogP contribution in [-0.4, -0.2) is 49.4 Å². The molecular formula is C21H25ClN2O3S. The minimum absolute atomic E-state index is 0.0238. The Hall–Kier alpha value is -1.73. The molecule has 3 rings (SSSR count). The first-order valence-electron chi connectivity index (χ1n) is 9.46. The maximum Gasteiger partial charge on any atom is 0.220 e. The highest BCUT2D eigenvalue weighted by Crippen LogP contribution is 2.23. The Labute approximate surface area is 174 Å². The minimum atomic E-state index is -0.103. The average molecular weight is 421 g/mol. The number of amides is 1. The van der Waals surface area contributed by atoms with Crippen LogP contribution in [0.5, 0.6) is 0 Å². The molecule has 1 amide bonds. The van der Waals surface area contributed by atoms with Crippen LogP contribution in [-0.2, 0) is 9.53 Å². The molecule has 5 nitrogen and oxygen atoms in total. The summed E-state index contributed by atoms with van der Waals surface area (Å²) in [7, 11) is 0. The van der Waals surface area contributed by atoms with Crippen molar-refractivity contribution < 1.29 is 14.3 Å². The van der Waals surface area contributed by atoms with E-state index in [-0.39, 0.29) is 30.6 Å². The second-order valence-corrected chi connectivity index (χ2v) is 8.58. The second kappa shape index (κ2) is 10.2. The summed E-state index contributed by atoms with van der Waals surface area (Å²) in [6, 6.07) is 11.5. The molecule has 0 radical (unpaired) electrons. The van der Waals surface area contributed by atoms with Crippen LogP contribution in [0.2, 0.25) is 5.02 Å². The van der Waals surface area contributed by atoms with E-state index in [0.717, 1.165) is 28.4 Å². The largest absolute Gasteiger partial charge is 0.379 e. The molecule has 0 saturated carbocycles. The summed E-state index contributed by atoms with van der Waals surface area (Å²) < 4.78 is 5.45. The molecule has 1 saturated heterocycles. The van der Waals surface area contributed by atoms with Gasteiger partial charge in [0.1, 0.15) is 0 Å². The van der Waals surface area contributed by atoms with E-state index in [1.807, 2.05) is 43.3 Å². The summed E-state index contributed by atoms with van der Waals surface area (Å²) in [5, 5.41) is 3.69. The number of ketones is 1. The molecule has 0 bridgehead atoms. The fourth-order valence-electron chi connectivity index (χ4n) is 3.27. The molecule has 1 fully saturated rings. The lowest BCUT2D eigenvalue weighted by molar-refractivity contribution is -0.121. The van der Waals surface area contributed by atoms with Crippen molar-refractivity contribution in [3.05, 3.63) is 56.7 Å². The van der Waals surface area contributed by atoms with Gasteiger partial charge in [-0.25, -0.2) is 0 Å². The molecule has 1 unspecified atom stereocenters. The first-order valence-corrected chi connectivity index (χ1v) is 10.7. The number of benzene rings is 1. The van der Waals surface area contributed by atoms with Crippen LogP contribution in [0, 0.1) is 6.92 Å². The molecule has 7 heteroatoms. The molecule has 1 aliphatic heterocycles. The number of rotatable bonds is 8. The molecule has 150 valence electrons. The van der Waals surface area contributed by atoms with Crippen molar-refractivity contribution in [1.29, 1.82) is 0 Å². The predicted octanol–water partition coefficient (Wildman–Crippen LogP) is 3.86. The first kappa shape index (κ1) is 21.0. The Morgan fingerprint density at radius 3 is 2.50 bits per heavy atom. The summed E-state index contributed by atoms with van der Waals surface area (Å²) >= 11 is 7.49. The van der Waals surface area contributed by atoms with Crippen molar-refractivity contribution in [2.75, 3.05) is 32.8 Å². The summed E-state index contributed by atoms with van der Waals surface area (Å²) in [6.07, 6.45) is 0.432. The van der Waals surface area contributed by atoms with Gasteiger partial charge in [-0.3, -0.25) is 14.5 Å². The molecule has 1 aliphatic rings. The lowest BCUT2D eigenvalue weighted by Crippen LogP contribution is -2.43. The van der Waals surface area contributed by atoms with Crippen molar-refractivity contribution >= 4 is 34.6 Å². The maximum absolute atomic E-state index is 12.3. The van der Waals surface area contributed by atoms with Crippen LogP contribution in [0.4, 0.5) is 0 Å². The summed E-state index contributed by atoms with van der Waals surface area (Å²) in [5.74, 6) is -0.0791. The third-order valence-corrected chi connectivity index (χ3v) is 6.12. The van der Waals surface area contributed by atoms with Crippen LogP contribution in [0.1, 0.15) is 39.0 Å². The van der Waals surface area contributed by atoms with Gasteiger partial charge in [-0.15, -0.1) is 11.3 Å². The van der Waals surface area contributed by atoms with E-state index in [1.54, 1.807) is 0 Å². The number of hydrogen-bond donors (Lipinski definition) is 1. The van der Waals surface area contributed by atoms with Gasteiger partial charge in [-0.05, 0) is 36.8 Å². The normalized spacial score (nSPS) is 15.9. The Morgan fingerprint density at radius 2 is 1.86 bits per heavy atom. The van der Waals surface area contributed by atoms with Gasteiger partial charge in [0, 0.05) is 42.4 Å². The zero-order chi connectivity index (χ0) is 19.9. The predicted molar refractivity (Wildman–Crippen MR) is 112 cm³/mol. The van der Waals surface area contributed by atoms with E-state index in [2.05, 4.69) is 10.2 Å². The van der Waals surface area contributed by atoms with Crippen molar-refractivity contribution in [3.8, 4) is 0 Å². The standard InChI is InChI=1S/C21H25ClN2O3S/c1-15-2-8-20(28-15)19(25)7-9-21(26)23-14-18(24-10-12-27-13-11-24)16-3-5-17(22)6-4-16/h2-6,8,18H,7,9-14H2,1H3,(H,23,26). The topological polar surface area (TPSA) is 58.6 Å². The number of nitrogens with zero attached hydrogens (tertiary/aromatic N) is 1. The number of carbonyl (C=O) groups is 2. The molecule has 1 aromatic carbocycles. The van der Waals surface area contributed by atoms with Gasteiger partial charge in [0.25, 0.3) is 0 Å². The maximum atomic E-state index is 12.3. The van der Waals surface area contributed by atoms with E-state index in [9.17, 15) is 9.59 Å². The summed E-state index contributed by atoms with van der Waals surface area (Å²) in [5.41, 5.74) is 1.11. The van der Waals surface area contributed by atoms with E-state index in [0.29, 0.717) is 24.8 Å². The number of aryl methyl sites for hydroxylation is 1. The van der Waals surface area contributed by atoms with Gasteiger partial charge in [0.15, 0.2) is 5.78 Å². The number of morpholine rings is 1. The van der Waals surface area contributed by atoms with Crippen molar-refractivity contribution in [1.82, 2.24) is 10.2 Å². The van der Waals surface area contributed by atoms with Crippen LogP contribution in [0.25, 0.3) is 0 Å². The molecule has 1 N–H and O–H groups in total. The quantitative estimate of drug-likeness (QED) is 0.659. The van der Waals surface area contributed by atoms with Crippen LogP contribution in [0.15, 0.2) is 36.4 Å². The van der Waals surface area contributed by atoms with Crippen LogP contribution >= 0.6 is 22.9 Å². The summed E-state index contributed by atoms with van der Waals surface area (Å²) in [6.45, 7) is 5.47. The second-order valence-electron chi connectivity index (χ2n) is 6.85. The zero-order valence-electron chi connectivity index (χ0n) is 15.9. The highest BCUT2D eigenvalue weighted by Gasteiger charge is 2.23. The fraction of sp³-hybridized carbons (Fsp3) is 0.429. The number of carbonyl (C=O) groups excluding carboxylic acids is 2. The minimum Gasteiger partial charge on any atom is -0.379 e. The molecular weight excluding hydrogens is 396 g/mol. The number of nitrogens with one attached hydrogen (secondary N) is 1. The van der Waals surface area contributed by atoms with Crippen molar-refractivity contribution in [2.45, 2.75) is 25.8 Å². The zero-order valence-corrected chi connectivity index (χ0v) is 17.5. The van der Waals surface area contributed by atoms with Gasteiger partial charge in [0.2, 0.25) is 5.91 Å².